The zero-order valence-electron chi connectivity index (χ0n) is 12.8. The molecule has 0 spiro atoms. The fraction of sp³-hybridized carbons (Fsp3) is 0.235. The number of nitro groups is 1. The molecule has 5 heteroatoms. The number of carbonyl (C=O) groups excluding carboxylic acids is 1. The molecule has 0 saturated carbocycles. The first-order valence-electron chi connectivity index (χ1n) is 6.98. The summed E-state index contributed by atoms with van der Waals surface area (Å²) >= 11 is 0. The average Bonchev–Trinajstić information content (AvgIpc) is 2.46. The second-order valence-electron chi connectivity index (χ2n) is 5.32. The lowest BCUT2D eigenvalue weighted by atomic mass is 10.0. The van der Waals surface area contributed by atoms with Crippen molar-refractivity contribution >= 4 is 11.6 Å². The Labute approximate surface area is 129 Å². The van der Waals surface area contributed by atoms with Crippen LogP contribution >= 0.6 is 0 Å². The minimum atomic E-state index is -0.476. The molecule has 0 aromatic heterocycles. The van der Waals surface area contributed by atoms with Crippen LogP contribution in [0.5, 0.6) is 0 Å². The lowest BCUT2D eigenvalue weighted by Gasteiger charge is -2.10. The highest BCUT2D eigenvalue weighted by Gasteiger charge is 2.17. The highest BCUT2D eigenvalue weighted by atomic mass is 16.6. The Bertz CT molecular complexity index is 739. The van der Waals surface area contributed by atoms with E-state index in [1.54, 1.807) is 13.0 Å². The van der Waals surface area contributed by atoms with E-state index in [9.17, 15) is 14.9 Å². The third-order valence-electron chi connectivity index (χ3n) is 3.68. The first-order valence-corrected chi connectivity index (χ1v) is 6.98. The van der Waals surface area contributed by atoms with Crippen LogP contribution in [0.25, 0.3) is 0 Å². The molecule has 0 aliphatic rings. The summed E-state index contributed by atoms with van der Waals surface area (Å²) in [5.41, 5.74) is 3.98. The average molecular weight is 298 g/mol. The fourth-order valence-corrected chi connectivity index (χ4v) is 2.38. The van der Waals surface area contributed by atoms with Gasteiger partial charge in [0.15, 0.2) is 0 Å². The molecule has 2 aromatic rings. The van der Waals surface area contributed by atoms with Crippen molar-refractivity contribution in [2.75, 3.05) is 0 Å². The van der Waals surface area contributed by atoms with Gasteiger partial charge in [-0.3, -0.25) is 14.9 Å². The van der Waals surface area contributed by atoms with Gasteiger partial charge in [0.05, 0.1) is 4.92 Å². The van der Waals surface area contributed by atoms with E-state index in [0.29, 0.717) is 17.7 Å². The zero-order chi connectivity index (χ0) is 16.3. The minimum Gasteiger partial charge on any atom is -0.348 e. The first-order chi connectivity index (χ1) is 10.4. The lowest BCUT2D eigenvalue weighted by Crippen LogP contribution is -2.24. The summed E-state index contributed by atoms with van der Waals surface area (Å²) in [6, 6.07) is 10.5. The number of nitrogens with zero attached hydrogens (tertiary/aromatic N) is 1. The van der Waals surface area contributed by atoms with E-state index in [-0.39, 0.29) is 11.6 Å². The Hall–Kier alpha value is -2.69. The van der Waals surface area contributed by atoms with Crippen LogP contribution in [0, 0.1) is 30.9 Å². The molecule has 5 nitrogen and oxygen atoms in total. The fourth-order valence-electron chi connectivity index (χ4n) is 2.38. The van der Waals surface area contributed by atoms with Gasteiger partial charge in [-0.1, -0.05) is 29.8 Å². The number of benzene rings is 2. The Morgan fingerprint density at radius 1 is 1.18 bits per heavy atom. The Morgan fingerprint density at radius 2 is 1.91 bits per heavy atom. The van der Waals surface area contributed by atoms with Gasteiger partial charge in [0.1, 0.15) is 0 Å². The largest absolute Gasteiger partial charge is 0.348 e. The molecule has 0 aliphatic heterocycles. The molecule has 114 valence electrons. The Kier molecular flexibility index (Phi) is 4.56. The van der Waals surface area contributed by atoms with E-state index in [2.05, 4.69) is 11.4 Å². The van der Waals surface area contributed by atoms with Gasteiger partial charge in [0.25, 0.3) is 11.6 Å². The lowest BCUT2D eigenvalue weighted by molar-refractivity contribution is -0.385. The molecule has 1 amide bonds. The van der Waals surface area contributed by atoms with Gasteiger partial charge in [0, 0.05) is 23.7 Å². The van der Waals surface area contributed by atoms with Crippen LogP contribution in [0.15, 0.2) is 36.4 Å². The molecule has 0 heterocycles. The normalized spacial score (nSPS) is 10.3. The van der Waals surface area contributed by atoms with E-state index < -0.39 is 4.92 Å². The number of carbonyl (C=O) groups is 1. The topological polar surface area (TPSA) is 72.2 Å². The molecule has 0 fully saturated rings. The molecule has 0 aliphatic carbocycles. The Morgan fingerprint density at radius 3 is 2.55 bits per heavy atom. The molecule has 0 saturated heterocycles. The molecule has 0 atom stereocenters. The molecule has 0 radical (unpaired) electrons. The predicted octanol–water partition coefficient (Wildman–Crippen LogP) is 3.45. The third kappa shape index (κ3) is 3.31. The maximum atomic E-state index is 12.3. The van der Waals surface area contributed by atoms with Crippen LogP contribution in [0.4, 0.5) is 5.69 Å². The molecule has 2 rings (SSSR count). The highest BCUT2D eigenvalue weighted by Crippen LogP contribution is 2.21. The van der Waals surface area contributed by atoms with Gasteiger partial charge in [-0.05, 0) is 38.0 Å². The molecule has 22 heavy (non-hydrogen) atoms. The van der Waals surface area contributed by atoms with Crippen LogP contribution in [-0.4, -0.2) is 10.8 Å². The van der Waals surface area contributed by atoms with Crippen LogP contribution in [0.1, 0.15) is 32.6 Å². The SMILES string of the molecule is Cc1ccc(CNC(=O)c2cccc([N+](=O)[O-])c2C)c(C)c1. The molecular weight excluding hydrogens is 280 g/mol. The number of nitro benzene ring substituents is 1. The maximum Gasteiger partial charge on any atom is 0.273 e. The van der Waals surface area contributed by atoms with Crippen molar-refractivity contribution in [2.45, 2.75) is 27.3 Å². The van der Waals surface area contributed by atoms with Crippen molar-refractivity contribution < 1.29 is 9.72 Å². The van der Waals surface area contributed by atoms with Crippen molar-refractivity contribution in [3.05, 3.63) is 74.3 Å². The van der Waals surface area contributed by atoms with E-state index in [4.69, 9.17) is 0 Å². The quantitative estimate of drug-likeness (QED) is 0.694. The minimum absolute atomic E-state index is 0.0424. The van der Waals surface area contributed by atoms with Crippen LogP contribution in [0.2, 0.25) is 0 Å². The summed E-state index contributed by atoms with van der Waals surface area (Å²) in [6.07, 6.45) is 0. The number of hydrogen-bond donors (Lipinski definition) is 1. The van der Waals surface area contributed by atoms with E-state index >= 15 is 0 Å². The molecular formula is C17H18N2O3. The molecule has 0 unspecified atom stereocenters. The predicted molar refractivity (Wildman–Crippen MR) is 84.9 cm³/mol. The smallest absolute Gasteiger partial charge is 0.273 e. The first kappa shape index (κ1) is 15.7. The summed E-state index contributed by atoms with van der Waals surface area (Å²) in [7, 11) is 0. The summed E-state index contributed by atoms with van der Waals surface area (Å²) in [6.45, 7) is 5.99. The van der Waals surface area contributed by atoms with Gasteiger partial charge >= 0.3 is 0 Å². The molecule has 1 N–H and O–H groups in total. The number of rotatable bonds is 4. The van der Waals surface area contributed by atoms with Gasteiger partial charge < -0.3 is 5.32 Å². The van der Waals surface area contributed by atoms with Gasteiger partial charge in [0.2, 0.25) is 0 Å². The number of amides is 1. The summed E-state index contributed by atoms with van der Waals surface area (Å²) < 4.78 is 0. The van der Waals surface area contributed by atoms with E-state index in [1.807, 2.05) is 26.0 Å². The summed E-state index contributed by atoms with van der Waals surface area (Å²) in [5, 5.41) is 13.7. The van der Waals surface area contributed by atoms with E-state index in [1.165, 1.54) is 17.7 Å². The standard InChI is InChI=1S/C17H18N2O3/c1-11-7-8-14(12(2)9-11)10-18-17(20)15-5-4-6-16(13(15)3)19(21)22/h4-9H,10H2,1-3H3,(H,18,20). The van der Waals surface area contributed by atoms with Gasteiger partial charge in [-0.15, -0.1) is 0 Å². The van der Waals surface area contributed by atoms with E-state index in [0.717, 1.165) is 11.1 Å². The van der Waals surface area contributed by atoms with Crippen LogP contribution in [-0.2, 0) is 6.54 Å². The second-order valence-corrected chi connectivity index (χ2v) is 5.32. The van der Waals surface area contributed by atoms with Crippen molar-refractivity contribution in [1.82, 2.24) is 5.32 Å². The van der Waals surface area contributed by atoms with Gasteiger partial charge in [-0.25, -0.2) is 0 Å². The van der Waals surface area contributed by atoms with Crippen molar-refractivity contribution in [3.63, 3.8) is 0 Å². The summed E-state index contributed by atoms with van der Waals surface area (Å²) in [5.74, 6) is -0.304. The molecule has 2 aromatic carbocycles. The highest BCUT2D eigenvalue weighted by molar-refractivity contribution is 5.96. The van der Waals surface area contributed by atoms with Crippen LogP contribution in [0.3, 0.4) is 0 Å². The van der Waals surface area contributed by atoms with Crippen molar-refractivity contribution in [1.29, 1.82) is 0 Å². The van der Waals surface area contributed by atoms with Crippen molar-refractivity contribution in [3.8, 4) is 0 Å². The summed E-state index contributed by atoms with van der Waals surface area (Å²) in [4.78, 5) is 22.7. The number of hydrogen-bond acceptors (Lipinski definition) is 3. The second kappa shape index (κ2) is 6.39. The molecule has 0 bridgehead atoms. The van der Waals surface area contributed by atoms with Crippen molar-refractivity contribution in [2.24, 2.45) is 0 Å². The monoisotopic (exact) mass is 298 g/mol. The van der Waals surface area contributed by atoms with Crippen LogP contribution < -0.4 is 5.32 Å². The maximum absolute atomic E-state index is 12.3. The number of aryl methyl sites for hydroxylation is 2. The Balaban J connectivity index is 2.16. The zero-order valence-corrected chi connectivity index (χ0v) is 12.8. The number of nitrogens with one attached hydrogen (secondary N) is 1. The third-order valence-corrected chi connectivity index (χ3v) is 3.68. The van der Waals surface area contributed by atoms with Gasteiger partial charge in [-0.2, -0.15) is 0 Å².